The normalized spacial score (nSPS) is 17.9. The van der Waals surface area contributed by atoms with Crippen molar-refractivity contribution in [1.29, 1.82) is 5.26 Å². The third kappa shape index (κ3) is 9.03. The van der Waals surface area contributed by atoms with Gasteiger partial charge in [0.05, 0.1) is 24.3 Å². The number of hydrogen-bond donors (Lipinski definition) is 4. The Balaban J connectivity index is 1.31. The first kappa shape index (κ1) is 32.9. The zero-order valence-corrected chi connectivity index (χ0v) is 24.4. The molecule has 4 rings (SSSR count). The summed E-state index contributed by atoms with van der Waals surface area (Å²) in [4.78, 5) is 35.8. The first-order valence-corrected chi connectivity index (χ1v) is 14.9. The third-order valence-corrected chi connectivity index (χ3v) is 8.07. The summed E-state index contributed by atoms with van der Waals surface area (Å²) in [5.74, 6) is -1.16. The minimum Gasteiger partial charge on any atom is -0.394 e. The summed E-state index contributed by atoms with van der Waals surface area (Å²) in [6, 6.07) is 9.99. The second-order valence-corrected chi connectivity index (χ2v) is 11.2. The van der Waals surface area contributed by atoms with E-state index in [2.05, 4.69) is 26.7 Å². The molecule has 1 aromatic carbocycles. The summed E-state index contributed by atoms with van der Waals surface area (Å²) in [7, 11) is 0. The van der Waals surface area contributed by atoms with Crippen LogP contribution in [0.5, 0.6) is 0 Å². The summed E-state index contributed by atoms with van der Waals surface area (Å²) in [5.41, 5.74) is 1.50. The number of carbonyl (C=O) groups excluding carboxylic acids is 2. The lowest BCUT2D eigenvalue weighted by molar-refractivity contribution is -0.144. The zero-order valence-electron chi connectivity index (χ0n) is 24.4. The van der Waals surface area contributed by atoms with Crippen LogP contribution in [-0.4, -0.2) is 83.5 Å². The molecule has 11 nitrogen and oxygen atoms in total. The Kier molecular flexibility index (Phi) is 11.4. The minimum absolute atomic E-state index is 0.00269. The maximum atomic E-state index is 13.8. The number of aliphatic hydroxyl groups is 2. The van der Waals surface area contributed by atoms with Gasteiger partial charge in [0.2, 0.25) is 17.6 Å². The van der Waals surface area contributed by atoms with Crippen molar-refractivity contribution in [3.63, 3.8) is 0 Å². The van der Waals surface area contributed by atoms with E-state index in [0.717, 1.165) is 24.8 Å². The highest BCUT2D eigenvalue weighted by Crippen LogP contribution is 2.34. The van der Waals surface area contributed by atoms with Crippen molar-refractivity contribution in [3.8, 4) is 6.07 Å². The van der Waals surface area contributed by atoms with Crippen LogP contribution in [0.25, 0.3) is 0 Å². The van der Waals surface area contributed by atoms with E-state index >= 15 is 0 Å². The Labute approximate surface area is 254 Å². The average molecular weight is 618 g/mol. The van der Waals surface area contributed by atoms with Crippen molar-refractivity contribution in [2.45, 2.75) is 63.3 Å². The smallest absolute Gasteiger partial charge is 0.394 e. The summed E-state index contributed by atoms with van der Waals surface area (Å²) >= 11 is 0. The summed E-state index contributed by atoms with van der Waals surface area (Å²) in [6.45, 7) is 1.34. The topological polar surface area (TPSA) is 155 Å². The number of aromatic nitrogens is 2. The maximum Gasteiger partial charge on any atom is 0.451 e. The molecule has 0 aliphatic carbocycles. The van der Waals surface area contributed by atoms with Crippen LogP contribution in [-0.2, 0) is 22.2 Å². The number of anilines is 2. The van der Waals surface area contributed by atoms with Crippen LogP contribution >= 0.6 is 0 Å². The van der Waals surface area contributed by atoms with Crippen molar-refractivity contribution < 1.29 is 33.0 Å². The molecule has 3 heterocycles. The summed E-state index contributed by atoms with van der Waals surface area (Å²) in [6.07, 6.45) is -1.48. The predicted octanol–water partition coefficient (Wildman–Crippen LogP) is 2.16. The molecule has 1 aromatic heterocycles. The van der Waals surface area contributed by atoms with Gasteiger partial charge in [-0.05, 0) is 62.1 Å². The molecule has 0 radical (unpaired) electrons. The molecule has 0 saturated carbocycles. The summed E-state index contributed by atoms with van der Waals surface area (Å²) in [5, 5.41) is 32.5. The number of benzene rings is 1. The number of nitriles is 1. The standard InChI is InChI=1S/C30H38F3N7O4/c31-30(32,33)29-37-25(39-13-9-20(10-14-39)2-1-3-27(43)36-18-23(42)19-41)16-26(38-29)40-15-11-24(40)28(44)35-12-8-21-4-6-22(17-34)7-5-21/h4-7,16,20,23-24,41-42H,1-3,8-15,18-19H2,(H,35,44)(H,36,43). The molecule has 2 aromatic rings. The molecule has 238 valence electrons. The van der Waals surface area contributed by atoms with Gasteiger partial charge in [-0.1, -0.05) is 12.1 Å². The number of nitrogens with zero attached hydrogens (tertiary/aromatic N) is 5. The quantitative estimate of drug-likeness (QED) is 0.265. The van der Waals surface area contributed by atoms with E-state index in [-0.39, 0.29) is 30.0 Å². The number of rotatable bonds is 13. The highest BCUT2D eigenvalue weighted by molar-refractivity contribution is 5.86. The number of nitrogens with one attached hydrogen (secondary N) is 2. The second kappa shape index (κ2) is 15.2. The van der Waals surface area contributed by atoms with Gasteiger partial charge < -0.3 is 30.6 Å². The Morgan fingerprint density at radius 2 is 1.77 bits per heavy atom. The molecule has 2 fully saturated rings. The number of hydrogen-bond acceptors (Lipinski definition) is 9. The number of halogens is 3. The van der Waals surface area contributed by atoms with E-state index in [1.54, 1.807) is 17.0 Å². The van der Waals surface area contributed by atoms with Gasteiger partial charge in [0.1, 0.15) is 17.7 Å². The lowest BCUT2D eigenvalue weighted by atomic mass is 9.91. The molecule has 2 aliphatic heterocycles. The molecular weight excluding hydrogens is 579 g/mol. The van der Waals surface area contributed by atoms with E-state index < -0.39 is 30.8 Å². The first-order valence-electron chi connectivity index (χ1n) is 14.9. The van der Waals surface area contributed by atoms with Crippen LogP contribution in [0.4, 0.5) is 24.8 Å². The molecule has 2 aliphatic rings. The van der Waals surface area contributed by atoms with Crippen molar-refractivity contribution in [1.82, 2.24) is 20.6 Å². The van der Waals surface area contributed by atoms with Crippen LogP contribution in [0.2, 0.25) is 0 Å². The van der Waals surface area contributed by atoms with Crippen molar-refractivity contribution in [2.24, 2.45) is 5.92 Å². The average Bonchev–Trinajstić information content (AvgIpc) is 2.99. The molecule has 2 saturated heterocycles. The Morgan fingerprint density at radius 1 is 1.07 bits per heavy atom. The molecule has 44 heavy (non-hydrogen) atoms. The van der Waals surface area contributed by atoms with Gasteiger partial charge in [-0.3, -0.25) is 9.59 Å². The fraction of sp³-hybridized carbons (Fsp3) is 0.567. The van der Waals surface area contributed by atoms with Crippen molar-refractivity contribution in [3.05, 3.63) is 47.3 Å². The Morgan fingerprint density at radius 3 is 2.39 bits per heavy atom. The molecule has 4 N–H and O–H groups in total. The number of aliphatic hydroxyl groups excluding tert-OH is 2. The van der Waals surface area contributed by atoms with Crippen LogP contribution in [0.1, 0.15) is 55.5 Å². The van der Waals surface area contributed by atoms with E-state index in [9.17, 15) is 27.9 Å². The van der Waals surface area contributed by atoms with Gasteiger partial charge >= 0.3 is 6.18 Å². The zero-order chi connectivity index (χ0) is 31.7. The van der Waals surface area contributed by atoms with E-state index in [4.69, 9.17) is 10.4 Å². The summed E-state index contributed by atoms with van der Waals surface area (Å²) < 4.78 is 41.4. The van der Waals surface area contributed by atoms with E-state index in [1.165, 1.54) is 6.07 Å². The van der Waals surface area contributed by atoms with Crippen LogP contribution in [0.15, 0.2) is 30.3 Å². The van der Waals surface area contributed by atoms with Gasteiger partial charge in [0, 0.05) is 45.2 Å². The van der Waals surface area contributed by atoms with Crippen LogP contribution in [0.3, 0.4) is 0 Å². The van der Waals surface area contributed by atoms with E-state index in [0.29, 0.717) is 63.3 Å². The van der Waals surface area contributed by atoms with Gasteiger partial charge in [-0.25, -0.2) is 9.97 Å². The number of amides is 2. The number of carbonyl (C=O) groups is 2. The molecule has 2 atom stereocenters. The van der Waals surface area contributed by atoms with Gasteiger partial charge in [-0.15, -0.1) is 0 Å². The third-order valence-electron chi connectivity index (χ3n) is 8.07. The fourth-order valence-electron chi connectivity index (χ4n) is 5.37. The molecule has 2 amide bonds. The largest absolute Gasteiger partial charge is 0.451 e. The highest BCUT2D eigenvalue weighted by Gasteiger charge is 2.40. The second-order valence-electron chi connectivity index (χ2n) is 11.2. The van der Waals surface area contributed by atoms with Crippen molar-refractivity contribution in [2.75, 3.05) is 49.1 Å². The SMILES string of the molecule is N#Cc1ccc(CCNC(=O)C2CCN2c2cc(N3CCC(CCCC(=O)NCC(O)CO)CC3)nc(C(F)(F)F)n2)cc1. The van der Waals surface area contributed by atoms with Gasteiger partial charge in [0.25, 0.3) is 0 Å². The van der Waals surface area contributed by atoms with Crippen LogP contribution in [0, 0.1) is 17.2 Å². The number of piperidine rings is 1. The van der Waals surface area contributed by atoms with Crippen LogP contribution < -0.4 is 20.4 Å². The Hall–Kier alpha value is -3.96. The Bertz CT molecular complexity index is 1310. The first-order chi connectivity index (χ1) is 21.1. The predicted molar refractivity (Wildman–Crippen MR) is 156 cm³/mol. The molecule has 2 unspecified atom stereocenters. The molecule has 0 spiro atoms. The highest BCUT2D eigenvalue weighted by atomic mass is 19.4. The maximum absolute atomic E-state index is 13.8. The van der Waals surface area contributed by atoms with Gasteiger partial charge in [0.15, 0.2) is 0 Å². The monoisotopic (exact) mass is 617 g/mol. The van der Waals surface area contributed by atoms with Gasteiger partial charge in [-0.2, -0.15) is 18.4 Å². The lowest BCUT2D eigenvalue weighted by Crippen LogP contribution is -2.57. The molecule has 14 heteroatoms. The fourth-order valence-corrected chi connectivity index (χ4v) is 5.37. The van der Waals surface area contributed by atoms with E-state index in [1.807, 2.05) is 17.0 Å². The molecular formula is C30H38F3N7O4. The molecule has 0 bridgehead atoms. The minimum atomic E-state index is -4.75. The lowest BCUT2D eigenvalue weighted by Gasteiger charge is -2.41. The number of alkyl halides is 3. The van der Waals surface area contributed by atoms with Crippen molar-refractivity contribution >= 4 is 23.5 Å².